The van der Waals surface area contributed by atoms with Crippen molar-refractivity contribution < 1.29 is 4.79 Å². The Bertz CT molecular complexity index is 219. The van der Waals surface area contributed by atoms with Gasteiger partial charge in [0.15, 0.2) is 0 Å². The largest absolute Gasteiger partial charge is 0.368 e. The molecule has 0 radical (unpaired) electrons. The van der Waals surface area contributed by atoms with E-state index >= 15 is 0 Å². The molecule has 0 aromatic heterocycles. The molecule has 1 aliphatic carbocycles. The maximum absolute atomic E-state index is 11.4. The van der Waals surface area contributed by atoms with Crippen molar-refractivity contribution in [1.82, 2.24) is 5.32 Å². The van der Waals surface area contributed by atoms with Crippen LogP contribution in [0.3, 0.4) is 0 Å². The van der Waals surface area contributed by atoms with Gasteiger partial charge in [-0.15, -0.1) is 0 Å². The zero-order valence-corrected chi connectivity index (χ0v) is 10.5. The number of nitrogens with one attached hydrogen (secondary N) is 1. The summed E-state index contributed by atoms with van der Waals surface area (Å²) in [6.07, 6.45) is 4.40. The second-order valence-electron chi connectivity index (χ2n) is 4.48. The van der Waals surface area contributed by atoms with Crippen LogP contribution in [0.15, 0.2) is 0 Å². The molecule has 0 aromatic carbocycles. The van der Waals surface area contributed by atoms with Crippen molar-refractivity contribution in [2.75, 3.05) is 11.5 Å². The van der Waals surface area contributed by atoms with Crippen molar-refractivity contribution in [3.05, 3.63) is 0 Å². The van der Waals surface area contributed by atoms with Gasteiger partial charge in [0.1, 0.15) is 0 Å². The molecular weight excluding hydrogens is 208 g/mol. The second kappa shape index (κ2) is 5.75. The van der Waals surface area contributed by atoms with Crippen LogP contribution in [0.25, 0.3) is 0 Å². The number of thioether (sulfide) groups is 1. The fraction of sp³-hybridized carbons (Fsp3) is 0.909. The van der Waals surface area contributed by atoms with Crippen molar-refractivity contribution in [3.63, 3.8) is 0 Å². The van der Waals surface area contributed by atoms with E-state index in [4.69, 9.17) is 5.73 Å². The van der Waals surface area contributed by atoms with Crippen LogP contribution in [-0.4, -0.2) is 29.0 Å². The molecule has 3 nitrogen and oxygen atoms in total. The highest BCUT2D eigenvalue weighted by molar-refractivity contribution is 7.99. The van der Waals surface area contributed by atoms with Crippen molar-refractivity contribution in [2.45, 2.75) is 51.1 Å². The Balaban J connectivity index is 2.31. The van der Waals surface area contributed by atoms with Gasteiger partial charge in [-0.3, -0.25) is 4.79 Å². The summed E-state index contributed by atoms with van der Waals surface area (Å²) < 4.78 is 0. The lowest BCUT2D eigenvalue weighted by Gasteiger charge is -2.27. The van der Waals surface area contributed by atoms with E-state index < -0.39 is 5.54 Å². The molecule has 1 fully saturated rings. The van der Waals surface area contributed by atoms with Crippen LogP contribution in [-0.2, 0) is 4.79 Å². The van der Waals surface area contributed by atoms with E-state index in [9.17, 15) is 4.79 Å². The Hall–Kier alpha value is -0.220. The third kappa shape index (κ3) is 4.43. The number of carbonyl (C=O) groups excluding carboxylic acids is 1. The fourth-order valence-electron chi connectivity index (χ4n) is 1.47. The molecule has 1 unspecified atom stereocenters. The van der Waals surface area contributed by atoms with Gasteiger partial charge >= 0.3 is 0 Å². The molecule has 88 valence electrons. The van der Waals surface area contributed by atoms with Gasteiger partial charge < -0.3 is 11.1 Å². The third-order valence-corrected chi connectivity index (χ3v) is 3.93. The van der Waals surface area contributed by atoms with Gasteiger partial charge in [-0.2, -0.15) is 11.8 Å². The summed E-state index contributed by atoms with van der Waals surface area (Å²) in [7, 11) is 0. The molecule has 1 saturated carbocycles. The first-order chi connectivity index (χ1) is 7.08. The molecule has 0 saturated heterocycles. The lowest BCUT2D eigenvalue weighted by atomic mass is 9.98. The molecule has 0 aliphatic heterocycles. The van der Waals surface area contributed by atoms with Gasteiger partial charge in [0.05, 0.1) is 5.54 Å². The Kier molecular flexibility index (Phi) is 4.93. The first-order valence-corrected chi connectivity index (χ1v) is 6.89. The quantitative estimate of drug-likeness (QED) is 0.622. The third-order valence-electron chi connectivity index (χ3n) is 2.74. The maximum atomic E-state index is 11.4. The molecule has 4 heteroatoms. The number of hydrogen-bond acceptors (Lipinski definition) is 3. The average molecular weight is 230 g/mol. The summed E-state index contributed by atoms with van der Waals surface area (Å²) in [5.41, 5.74) is 4.95. The SMILES string of the molecule is CCCSCCC(C)(NC1CC1)C(N)=O. The molecule has 1 aliphatic rings. The Labute approximate surface area is 96.6 Å². The van der Waals surface area contributed by atoms with Gasteiger partial charge in [-0.1, -0.05) is 6.92 Å². The van der Waals surface area contributed by atoms with Gasteiger partial charge in [-0.05, 0) is 44.1 Å². The number of rotatable bonds is 8. The summed E-state index contributed by atoms with van der Waals surface area (Å²) in [5, 5.41) is 3.36. The predicted molar refractivity (Wildman–Crippen MR) is 66.0 cm³/mol. The van der Waals surface area contributed by atoms with E-state index in [-0.39, 0.29) is 5.91 Å². The van der Waals surface area contributed by atoms with E-state index in [0.29, 0.717) is 6.04 Å². The van der Waals surface area contributed by atoms with Gasteiger partial charge in [-0.25, -0.2) is 0 Å². The van der Waals surface area contributed by atoms with Crippen molar-refractivity contribution >= 4 is 17.7 Å². The minimum atomic E-state index is -0.498. The number of amides is 1. The summed E-state index contributed by atoms with van der Waals surface area (Å²) >= 11 is 1.90. The molecular formula is C11H22N2OS. The monoisotopic (exact) mass is 230 g/mol. The van der Waals surface area contributed by atoms with E-state index in [1.54, 1.807) is 0 Å². The topological polar surface area (TPSA) is 55.1 Å². The van der Waals surface area contributed by atoms with Crippen LogP contribution < -0.4 is 11.1 Å². The minimum absolute atomic E-state index is 0.216. The van der Waals surface area contributed by atoms with Crippen molar-refractivity contribution in [1.29, 1.82) is 0 Å². The number of nitrogens with two attached hydrogens (primary N) is 1. The highest BCUT2D eigenvalue weighted by Crippen LogP contribution is 2.24. The Morgan fingerprint density at radius 3 is 2.67 bits per heavy atom. The zero-order valence-electron chi connectivity index (χ0n) is 9.71. The predicted octanol–water partition coefficient (Wildman–Crippen LogP) is 1.52. The molecule has 0 aromatic rings. The number of primary amides is 1. The zero-order chi connectivity index (χ0) is 11.3. The van der Waals surface area contributed by atoms with Gasteiger partial charge in [0, 0.05) is 6.04 Å². The summed E-state index contributed by atoms with van der Waals surface area (Å²) in [6, 6.07) is 0.527. The van der Waals surface area contributed by atoms with E-state index in [2.05, 4.69) is 12.2 Å². The lowest BCUT2D eigenvalue weighted by Crippen LogP contribution is -2.54. The number of hydrogen-bond donors (Lipinski definition) is 2. The molecule has 1 amide bonds. The lowest BCUT2D eigenvalue weighted by molar-refractivity contribution is -0.124. The van der Waals surface area contributed by atoms with Crippen molar-refractivity contribution in [2.24, 2.45) is 5.73 Å². The minimum Gasteiger partial charge on any atom is -0.368 e. The molecule has 15 heavy (non-hydrogen) atoms. The Morgan fingerprint density at radius 2 is 2.20 bits per heavy atom. The highest BCUT2D eigenvalue weighted by Gasteiger charge is 2.36. The molecule has 0 spiro atoms. The highest BCUT2D eigenvalue weighted by atomic mass is 32.2. The van der Waals surface area contributed by atoms with Gasteiger partial charge in [0.2, 0.25) is 5.91 Å². The van der Waals surface area contributed by atoms with Crippen LogP contribution in [0.4, 0.5) is 0 Å². The van der Waals surface area contributed by atoms with E-state index in [0.717, 1.165) is 17.9 Å². The summed E-state index contributed by atoms with van der Waals surface area (Å²) in [4.78, 5) is 11.4. The maximum Gasteiger partial charge on any atom is 0.237 e. The first kappa shape index (κ1) is 12.8. The smallest absolute Gasteiger partial charge is 0.237 e. The average Bonchev–Trinajstić information content (AvgIpc) is 2.96. The molecule has 3 N–H and O–H groups in total. The second-order valence-corrected chi connectivity index (χ2v) is 5.70. The van der Waals surface area contributed by atoms with Crippen LogP contribution >= 0.6 is 11.8 Å². The van der Waals surface area contributed by atoms with Crippen molar-refractivity contribution in [3.8, 4) is 0 Å². The molecule has 1 atom stereocenters. The van der Waals surface area contributed by atoms with Crippen LogP contribution in [0, 0.1) is 0 Å². The molecule has 0 bridgehead atoms. The Morgan fingerprint density at radius 1 is 1.53 bits per heavy atom. The summed E-state index contributed by atoms with van der Waals surface area (Å²) in [5.74, 6) is 1.96. The number of carbonyl (C=O) groups is 1. The van der Waals surface area contributed by atoms with E-state index in [1.165, 1.54) is 19.3 Å². The molecule has 1 rings (SSSR count). The van der Waals surface area contributed by atoms with Crippen LogP contribution in [0.5, 0.6) is 0 Å². The molecule has 0 heterocycles. The van der Waals surface area contributed by atoms with Gasteiger partial charge in [0.25, 0.3) is 0 Å². The summed E-state index contributed by atoms with van der Waals surface area (Å²) in [6.45, 7) is 4.10. The fourth-order valence-corrected chi connectivity index (χ4v) is 2.51. The van der Waals surface area contributed by atoms with Crippen LogP contribution in [0.1, 0.15) is 39.5 Å². The van der Waals surface area contributed by atoms with E-state index in [1.807, 2.05) is 18.7 Å². The van der Waals surface area contributed by atoms with Crippen LogP contribution in [0.2, 0.25) is 0 Å². The first-order valence-electron chi connectivity index (χ1n) is 5.74. The standard InChI is InChI=1S/C11H22N2OS/c1-3-7-15-8-6-11(2,10(12)14)13-9-4-5-9/h9,13H,3-8H2,1-2H3,(H2,12,14). The normalized spacial score (nSPS) is 19.9.